The van der Waals surface area contributed by atoms with Gasteiger partial charge >= 0.3 is 11.9 Å². The van der Waals surface area contributed by atoms with Crippen LogP contribution in [0.2, 0.25) is 0 Å². The Hall–Kier alpha value is -3.24. The van der Waals surface area contributed by atoms with Gasteiger partial charge in [-0.15, -0.1) is 0 Å². The first-order valence-electron chi connectivity index (χ1n) is 10.6. The average Bonchev–Trinajstić information content (AvgIpc) is 2.76. The fourth-order valence-corrected chi connectivity index (χ4v) is 3.21. The molecule has 2 aromatic rings. The van der Waals surface area contributed by atoms with Gasteiger partial charge in [0.2, 0.25) is 11.8 Å². The Morgan fingerprint density at radius 3 is 1.91 bits per heavy atom. The van der Waals surface area contributed by atoms with Gasteiger partial charge in [0.1, 0.15) is 0 Å². The third-order valence-corrected chi connectivity index (χ3v) is 5.21. The number of anilines is 2. The number of benzene rings is 2. The van der Waals surface area contributed by atoms with Crippen LogP contribution in [0.15, 0.2) is 46.9 Å². The summed E-state index contributed by atoms with van der Waals surface area (Å²) in [6.45, 7) is 9.07. The minimum absolute atomic E-state index is 0.116. The quantitative estimate of drug-likeness (QED) is 0.376. The molecular formula is C24H30BrN3O6. The number of rotatable bonds is 8. The molecule has 4 N–H and O–H groups in total. The molecule has 0 radical (unpaired) electrons. The van der Waals surface area contributed by atoms with Crippen molar-refractivity contribution >= 4 is 51.1 Å². The van der Waals surface area contributed by atoms with E-state index in [9.17, 15) is 9.59 Å². The van der Waals surface area contributed by atoms with E-state index in [2.05, 4.69) is 40.4 Å². The highest BCUT2D eigenvalue weighted by molar-refractivity contribution is 9.10. The van der Waals surface area contributed by atoms with E-state index in [-0.39, 0.29) is 24.9 Å². The highest BCUT2D eigenvalue weighted by atomic mass is 79.9. The van der Waals surface area contributed by atoms with E-state index in [0.29, 0.717) is 12.5 Å². The molecule has 0 atom stereocenters. The summed E-state index contributed by atoms with van der Waals surface area (Å²) in [6.07, 6.45) is 0. The molecule has 0 unspecified atom stereocenters. The summed E-state index contributed by atoms with van der Waals surface area (Å²) in [6, 6.07) is 13.4. The van der Waals surface area contributed by atoms with Crippen LogP contribution in [0.3, 0.4) is 0 Å². The highest BCUT2D eigenvalue weighted by Crippen LogP contribution is 2.27. The number of likely N-dealkylation sites (N-methyl/N-ethyl adjacent to an activating group) is 1. The van der Waals surface area contributed by atoms with Gasteiger partial charge in [-0.3, -0.25) is 14.5 Å². The highest BCUT2D eigenvalue weighted by Gasteiger charge is 2.16. The molecular weight excluding hydrogens is 506 g/mol. The molecule has 0 aliphatic heterocycles. The fourth-order valence-electron chi connectivity index (χ4n) is 2.94. The van der Waals surface area contributed by atoms with Gasteiger partial charge in [-0.25, -0.2) is 9.59 Å². The monoisotopic (exact) mass is 535 g/mol. The number of hydrogen-bond donors (Lipinski definition) is 4. The molecule has 0 saturated carbocycles. The lowest BCUT2D eigenvalue weighted by molar-refractivity contribution is -0.159. The van der Waals surface area contributed by atoms with Crippen molar-refractivity contribution in [3.05, 3.63) is 58.1 Å². The zero-order valence-corrected chi connectivity index (χ0v) is 21.2. The minimum Gasteiger partial charge on any atom is -0.473 e. The van der Waals surface area contributed by atoms with Crippen molar-refractivity contribution in [1.82, 2.24) is 4.90 Å². The first-order valence-corrected chi connectivity index (χ1v) is 11.4. The Labute approximate surface area is 207 Å². The number of aliphatic carboxylic acids is 2. The van der Waals surface area contributed by atoms with Crippen molar-refractivity contribution in [3.63, 3.8) is 0 Å². The van der Waals surface area contributed by atoms with Crippen LogP contribution >= 0.6 is 15.9 Å². The number of aryl methyl sites for hydroxylation is 1. The number of nitrogens with one attached hydrogen (secondary N) is 2. The van der Waals surface area contributed by atoms with Crippen molar-refractivity contribution < 1.29 is 29.4 Å². The summed E-state index contributed by atoms with van der Waals surface area (Å²) in [7, 11) is 0. The summed E-state index contributed by atoms with van der Waals surface area (Å²) in [4.78, 5) is 44.9. The van der Waals surface area contributed by atoms with Crippen LogP contribution < -0.4 is 10.6 Å². The van der Waals surface area contributed by atoms with Gasteiger partial charge < -0.3 is 20.8 Å². The zero-order valence-electron chi connectivity index (χ0n) is 19.6. The van der Waals surface area contributed by atoms with Crippen molar-refractivity contribution in [2.45, 2.75) is 33.6 Å². The molecule has 0 spiro atoms. The lowest BCUT2D eigenvalue weighted by Crippen LogP contribution is -2.38. The Balaban J connectivity index is 0.000000852. The van der Waals surface area contributed by atoms with E-state index in [4.69, 9.17) is 19.8 Å². The van der Waals surface area contributed by atoms with Crippen molar-refractivity contribution in [2.75, 3.05) is 30.3 Å². The van der Waals surface area contributed by atoms with Crippen LogP contribution in [0.25, 0.3) is 0 Å². The van der Waals surface area contributed by atoms with Crippen LogP contribution in [0.4, 0.5) is 11.4 Å². The second kappa shape index (κ2) is 14.1. The van der Waals surface area contributed by atoms with Crippen LogP contribution in [-0.4, -0.2) is 58.5 Å². The summed E-state index contributed by atoms with van der Waals surface area (Å²) >= 11 is 3.37. The van der Waals surface area contributed by atoms with Crippen molar-refractivity contribution in [2.24, 2.45) is 0 Å². The van der Waals surface area contributed by atoms with E-state index >= 15 is 0 Å². The van der Waals surface area contributed by atoms with Gasteiger partial charge in [0.25, 0.3) is 0 Å². The summed E-state index contributed by atoms with van der Waals surface area (Å²) in [5.41, 5.74) is 3.76. The molecule has 184 valence electrons. The lowest BCUT2D eigenvalue weighted by Gasteiger charge is -2.21. The Morgan fingerprint density at radius 2 is 1.44 bits per heavy atom. The Bertz CT molecular complexity index is 996. The molecule has 2 aromatic carbocycles. The van der Waals surface area contributed by atoms with Crippen LogP contribution in [-0.2, 0) is 19.2 Å². The molecule has 0 fully saturated rings. The summed E-state index contributed by atoms with van der Waals surface area (Å²) in [5.74, 6) is -3.59. The van der Waals surface area contributed by atoms with Crippen LogP contribution in [0.5, 0.6) is 0 Å². The third-order valence-electron chi connectivity index (χ3n) is 4.68. The molecule has 2 rings (SSSR count). The zero-order chi connectivity index (χ0) is 25.8. The number of nitrogens with zero attached hydrogens (tertiary/aromatic N) is 1. The lowest BCUT2D eigenvalue weighted by atomic mass is 9.98. The predicted octanol–water partition coefficient (Wildman–Crippen LogP) is 3.94. The molecule has 0 aromatic heterocycles. The van der Waals surface area contributed by atoms with Gasteiger partial charge in [-0.1, -0.05) is 54.9 Å². The second-order valence-corrected chi connectivity index (χ2v) is 8.63. The number of carbonyl (C=O) groups is 4. The van der Waals surface area contributed by atoms with E-state index in [0.717, 1.165) is 27.0 Å². The number of halogens is 1. The number of hydrogen-bond acceptors (Lipinski definition) is 5. The largest absolute Gasteiger partial charge is 0.473 e. The molecule has 2 amide bonds. The maximum atomic E-state index is 12.6. The minimum atomic E-state index is -1.82. The smallest absolute Gasteiger partial charge is 0.414 e. The van der Waals surface area contributed by atoms with E-state index in [1.165, 1.54) is 0 Å². The van der Waals surface area contributed by atoms with Gasteiger partial charge in [0, 0.05) is 15.8 Å². The molecule has 10 heteroatoms. The standard InChI is InChI=1S/C22H28BrN3O2.C2H2O4/c1-5-26(13-20(27)24-18-11-9-17(23)10-12-18)14-21(28)25-22-16(4)7-6-8-19(22)15(2)3;3-1(4)2(5)6/h6-12,15H,5,13-14H2,1-4H3,(H,24,27)(H,25,28);(H,3,4)(H,5,6). The number of amides is 2. The van der Waals surface area contributed by atoms with Crippen LogP contribution in [0, 0.1) is 6.92 Å². The topological polar surface area (TPSA) is 136 Å². The van der Waals surface area contributed by atoms with E-state index < -0.39 is 11.9 Å². The molecule has 0 aliphatic rings. The summed E-state index contributed by atoms with van der Waals surface area (Å²) in [5, 5.41) is 20.7. The average molecular weight is 536 g/mol. The number of carbonyl (C=O) groups excluding carboxylic acids is 2. The van der Waals surface area contributed by atoms with E-state index in [1.807, 2.05) is 61.2 Å². The summed E-state index contributed by atoms with van der Waals surface area (Å²) < 4.78 is 0.953. The molecule has 0 aliphatic carbocycles. The normalized spacial score (nSPS) is 10.3. The van der Waals surface area contributed by atoms with Gasteiger partial charge in [-0.2, -0.15) is 0 Å². The Morgan fingerprint density at radius 1 is 0.912 bits per heavy atom. The van der Waals surface area contributed by atoms with Crippen molar-refractivity contribution in [3.8, 4) is 0 Å². The number of carboxylic acid groups (broad SMARTS) is 2. The maximum Gasteiger partial charge on any atom is 0.414 e. The molecule has 0 saturated heterocycles. The molecule has 0 heterocycles. The van der Waals surface area contributed by atoms with E-state index in [1.54, 1.807) is 0 Å². The molecule has 0 bridgehead atoms. The first-order chi connectivity index (χ1) is 15.9. The van der Waals surface area contributed by atoms with Crippen LogP contribution in [0.1, 0.15) is 37.8 Å². The SMILES string of the molecule is CCN(CC(=O)Nc1ccc(Br)cc1)CC(=O)Nc1c(C)cccc1C(C)C.O=C(O)C(=O)O. The number of para-hydroxylation sites is 1. The molecule has 9 nitrogen and oxygen atoms in total. The third kappa shape index (κ3) is 10.1. The molecule has 34 heavy (non-hydrogen) atoms. The second-order valence-electron chi connectivity index (χ2n) is 7.71. The Kier molecular flexibility index (Phi) is 12.0. The van der Waals surface area contributed by atoms with Crippen molar-refractivity contribution in [1.29, 1.82) is 0 Å². The van der Waals surface area contributed by atoms with Gasteiger partial charge in [-0.05, 0) is 54.8 Å². The number of carboxylic acids is 2. The first kappa shape index (κ1) is 28.8. The predicted molar refractivity (Wildman–Crippen MR) is 134 cm³/mol. The van der Waals surface area contributed by atoms with Gasteiger partial charge in [0.15, 0.2) is 0 Å². The fraction of sp³-hybridized carbons (Fsp3) is 0.333. The maximum absolute atomic E-state index is 12.6. The van der Waals surface area contributed by atoms with Gasteiger partial charge in [0.05, 0.1) is 13.1 Å².